The van der Waals surface area contributed by atoms with Crippen molar-refractivity contribution in [1.29, 1.82) is 0 Å². The molecular weight excluding hydrogens is 236 g/mol. The molecule has 2 nitrogen and oxygen atoms in total. The molecule has 0 radical (unpaired) electrons. The van der Waals surface area contributed by atoms with Crippen LogP contribution in [0, 0.1) is 5.92 Å². The summed E-state index contributed by atoms with van der Waals surface area (Å²) in [7, 11) is 0. The molecule has 0 saturated carbocycles. The van der Waals surface area contributed by atoms with Crippen LogP contribution in [0.1, 0.15) is 24.8 Å². The van der Waals surface area contributed by atoms with Gasteiger partial charge in [0.05, 0.1) is 12.7 Å². The van der Waals surface area contributed by atoms with Gasteiger partial charge in [0.15, 0.2) is 5.78 Å². The molecule has 0 bridgehead atoms. The van der Waals surface area contributed by atoms with Gasteiger partial charge in [-0.05, 0) is 24.0 Å². The summed E-state index contributed by atoms with van der Waals surface area (Å²) in [6, 6.07) is 9.99. The zero-order valence-corrected chi connectivity index (χ0v) is 11.0. The number of hydrogen-bond donors (Lipinski definition) is 0. The minimum absolute atomic E-state index is 0.102. The molecule has 1 aromatic carbocycles. The molecule has 2 heteroatoms. The fourth-order valence-corrected chi connectivity index (χ4v) is 3.14. The maximum atomic E-state index is 12.3. The van der Waals surface area contributed by atoms with Gasteiger partial charge in [-0.15, -0.1) is 6.58 Å². The van der Waals surface area contributed by atoms with Gasteiger partial charge in [-0.2, -0.15) is 0 Å². The van der Waals surface area contributed by atoms with Crippen molar-refractivity contribution in [3.8, 4) is 0 Å². The molecule has 1 fully saturated rings. The van der Waals surface area contributed by atoms with Gasteiger partial charge in [0, 0.05) is 17.9 Å². The van der Waals surface area contributed by atoms with Crippen molar-refractivity contribution in [2.75, 3.05) is 6.61 Å². The smallest absolute Gasteiger partial charge is 0.164 e. The van der Waals surface area contributed by atoms with E-state index < -0.39 is 0 Å². The highest BCUT2D eigenvalue weighted by atomic mass is 16.5. The van der Waals surface area contributed by atoms with Gasteiger partial charge in [0.1, 0.15) is 0 Å². The normalized spacial score (nSPS) is 25.8. The second-order valence-corrected chi connectivity index (χ2v) is 5.21. The number of hydrogen-bond acceptors (Lipinski definition) is 2. The van der Waals surface area contributed by atoms with Gasteiger partial charge >= 0.3 is 0 Å². The number of fused-ring (bicyclic) bond motifs is 1. The number of benzene rings is 1. The molecule has 2 atom stereocenters. The molecule has 19 heavy (non-hydrogen) atoms. The molecule has 0 aromatic heterocycles. The number of ketones is 1. The molecule has 98 valence electrons. The number of carbonyl (C=O) groups excluding carboxylic acids is 1. The van der Waals surface area contributed by atoms with Crippen molar-refractivity contribution < 1.29 is 9.53 Å². The van der Waals surface area contributed by atoms with E-state index in [1.54, 1.807) is 0 Å². The summed E-state index contributed by atoms with van der Waals surface area (Å²) >= 11 is 0. The van der Waals surface area contributed by atoms with Gasteiger partial charge < -0.3 is 4.74 Å². The van der Waals surface area contributed by atoms with Crippen LogP contribution in [0.25, 0.3) is 5.57 Å². The number of carbonyl (C=O) groups is 1. The molecular formula is C17H18O2. The fourth-order valence-electron chi connectivity index (χ4n) is 3.14. The minimum Gasteiger partial charge on any atom is -0.373 e. The van der Waals surface area contributed by atoms with Crippen LogP contribution in [0.3, 0.4) is 0 Å². The van der Waals surface area contributed by atoms with Crippen molar-refractivity contribution in [2.45, 2.75) is 25.4 Å². The lowest BCUT2D eigenvalue weighted by Crippen LogP contribution is -2.09. The fraction of sp³-hybridized carbons (Fsp3) is 0.353. The Labute approximate surface area is 113 Å². The Bertz CT molecular complexity index is 527. The summed E-state index contributed by atoms with van der Waals surface area (Å²) < 4.78 is 5.86. The van der Waals surface area contributed by atoms with Crippen molar-refractivity contribution >= 4 is 11.4 Å². The zero-order chi connectivity index (χ0) is 13.2. The van der Waals surface area contributed by atoms with Crippen molar-refractivity contribution in [1.82, 2.24) is 0 Å². The van der Waals surface area contributed by atoms with Crippen LogP contribution in [0.15, 0.2) is 48.6 Å². The third-order valence-corrected chi connectivity index (χ3v) is 3.98. The van der Waals surface area contributed by atoms with Crippen LogP contribution in [0.2, 0.25) is 0 Å². The third-order valence-electron chi connectivity index (χ3n) is 3.98. The van der Waals surface area contributed by atoms with Crippen LogP contribution in [0.4, 0.5) is 0 Å². The Balaban J connectivity index is 2.00. The van der Waals surface area contributed by atoms with E-state index in [1.807, 2.05) is 36.4 Å². The summed E-state index contributed by atoms with van der Waals surface area (Å²) in [6.07, 6.45) is 4.49. The number of Topliss-reactive ketones (excluding diaryl/α,β-unsaturated/α-hetero) is 1. The SMILES string of the molecule is C=CCC[C@@H]1OC[C@@H]2CC(=O)C(c3ccccc3)=C21. The first-order valence-corrected chi connectivity index (χ1v) is 6.86. The lowest BCUT2D eigenvalue weighted by molar-refractivity contribution is -0.113. The van der Waals surface area contributed by atoms with Gasteiger partial charge in [0.2, 0.25) is 0 Å². The zero-order valence-electron chi connectivity index (χ0n) is 11.0. The maximum Gasteiger partial charge on any atom is 0.164 e. The van der Waals surface area contributed by atoms with Gasteiger partial charge in [-0.1, -0.05) is 36.4 Å². The first-order valence-electron chi connectivity index (χ1n) is 6.86. The predicted octanol–water partition coefficient (Wildman–Crippen LogP) is 3.39. The van der Waals surface area contributed by atoms with Crippen LogP contribution >= 0.6 is 0 Å². The standard InChI is InChI=1S/C17H18O2/c1-2-3-9-15-17-13(11-19-15)10-14(18)16(17)12-7-5-4-6-8-12/h2,4-8,13,15H,1,3,9-11H2/t13-,15-/m0/s1. The minimum atomic E-state index is 0.102. The van der Waals surface area contributed by atoms with Crippen molar-refractivity contribution in [3.05, 3.63) is 54.1 Å². The third kappa shape index (κ3) is 2.17. The molecule has 0 amide bonds. The summed E-state index contributed by atoms with van der Waals surface area (Å²) in [4.78, 5) is 12.3. The largest absolute Gasteiger partial charge is 0.373 e. The number of ether oxygens (including phenoxy) is 1. The Morgan fingerprint density at radius 2 is 2.11 bits per heavy atom. The monoisotopic (exact) mass is 254 g/mol. The van der Waals surface area contributed by atoms with E-state index in [2.05, 4.69) is 6.58 Å². The van der Waals surface area contributed by atoms with E-state index in [0.717, 1.165) is 24.0 Å². The highest BCUT2D eigenvalue weighted by Gasteiger charge is 2.41. The van der Waals surface area contributed by atoms with E-state index in [0.29, 0.717) is 18.9 Å². The van der Waals surface area contributed by atoms with E-state index in [4.69, 9.17) is 4.74 Å². The lowest BCUT2D eigenvalue weighted by Gasteiger charge is -2.13. The van der Waals surface area contributed by atoms with Crippen LogP contribution in [-0.4, -0.2) is 18.5 Å². The topological polar surface area (TPSA) is 26.3 Å². The molecule has 2 aliphatic rings. The average molecular weight is 254 g/mol. The molecule has 3 rings (SSSR count). The van der Waals surface area contributed by atoms with Crippen LogP contribution in [-0.2, 0) is 9.53 Å². The van der Waals surface area contributed by atoms with Crippen LogP contribution in [0.5, 0.6) is 0 Å². The van der Waals surface area contributed by atoms with Crippen LogP contribution < -0.4 is 0 Å². The van der Waals surface area contributed by atoms with E-state index >= 15 is 0 Å². The average Bonchev–Trinajstić information content (AvgIpc) is 2.95. The second kappa shape index (κ2) is 5.14. The second-order valence-electron chi connectivity index (χ2n) is 5.21. The Hall–Kier alpha value is -1.67. The van der Waals surface area contributed by atoms with Gasteiger partial charge in [-0.25, -0.2) is 0 Å². The Morgan fingerprint density at radius 3 is 2.84 bits per heavy atom. The molecule has 1 aromatic rings. The maximum absolute atomic E-state index is 12.3. The lowest BCUT2D eigenvalue weighted by atomic mass is 9.94. The highest BCUT2D eigenvalue weighted by Crippen LogP contribution is 2.43. The quantitative estimate of drug-likeness (QED) is 0.770. The number of rotatable bonds is 4. The van der Waals surface area contributed by atoms with Crippen molar-refractivity contribution in [2.24, 2.45) is 5.92 Å². The summed E-state index contributed by atoms with van der Waals surface area (Å²) in [5.74, 6) is 0.579. The summed E-state index contributed by atoms with van der Waals surface area (Å²) in [6.45, 7) is 4.45. The molecule has 1 aliphatic carbocycles. The number of allylic oxidation sites excluding steroid dienone is 2. The highest BCUT2D eigenvalue weighted by molar-refractivity contribution is 6.24. The summed E-state index contributed by atoms with van der Waals surface area (Å²) in [5.41, 5.74) is 3.19. The summed E-state index contributed by atoms with van der Waals surface area (Å²) in [5, 5.41) is 0. The Morgan fingerprint density at radius 1 is 1.32 bits per heavy atom. The van der Waals surface area contributed by atoms with E-state index in [9.17, 15) is 4.79 Å². The molecule has 0 unspecified atom stereocenters. The molecule has 1 heterocycles. The predicted molar refractivity (Wildman–Crippen MR) is 75.6 cm³/mol. The van der Waals surface area contributed by atoms with E-state index in [1.165, 1.54) is 5.57 Å². The Kier molecular flexibility index (Phi) is 3.34. The first-order chi connectivity index (χ1) is 9.31. The van der Waals surface area contributed by atoms with E-state index in [-0.39, 0.29) is 11.9 Å². The van der Waals surface area contributed by atoms with Gasteiger partial charge in [0.25, 0.3) is 0 Å². The van der Waals surface area contributed by atoms with Crippen molar-refractivity contribution in [3.63, 3.8) is 0 Å². The molecule has 0 N–H and O–H groups in total. The molecule has 0 spiro atoms. The van der Waals surface area contributed by atoms with Gasteiger partial charge in [-0.3, -0.25) is 4.79 Å². The molecule has 1 saturated heterocycles. The first kappa shape index (κ1) is 12.4. The molecule has 1 aliphatic heterocycles.